The molecule has 11 heteroatoms. The van der Waals surface area contributed by atoms with Crippen molar-refractivity contribution >= 4 is 45.3 Å². The molecule has 0 unspecified atom stereocenters. The van der Waals surface area contributed by atoms with Crippen molar-refractivity contribution in [1.29, 1.82) is 0 Å². The van der Waals surface area contributed by atoms with E-state index in [0.29, 0.717) is 79.2 Å². The topological polar surface area (TPSA) is 119 Å². The van der Waals surface area contributed by atoms with Crippen LogP contribution in [0.2, 0.25) is 5.02 Å². The minimum Gasteiger partial charge on any atom is -0.493 e. The molecule has 0 saturated carbocycles. The minimum atomic E-state index is -1.03. The number of fused-ring (bicyclic) bond motifs is 2. The van der Waals surface area contributed by atoms with E-state index in [1.54, 1.807) is 16.6 Å². The number of aromatic nitrogens is 3. The Kier molecular flexibility index (Phi) is 11.7. The summed E-state index contributed by atoms with van der Waals surface area (Å²) in [5.74, 6) is -0.242. The van der Waals surface area contributed by atoms with E-state index in [0.717, 1.165) is 38.7 Å². The van der Waals surface area contributed by atoms with Gasteiger partial charge >= 0.3 is 12.1 Å². The van der Waals surface area contributed by atoms with E-state index in [2.05, 4.69) is 5.10 Å². The number of aromatic carboxylic acids is 1. The van der Waals surface area contributed by atoms with Gasteiger partial charge in [0.25, 0.3) is 0 Å². The molecule has 0 aliphatic rings. The number of rotatable bonds is 14. The number of carboxylic acid groups (broad SMARTS) is 1. The first-order chi connectivity index (χ1) is 24.3. The van der Waals surface area contributed by atoms with Gasteiger partial charge in [-0.3, -0.25) is 4.68 Å². The molecule has 0 aliphatic carbocycles. The van der Waals surface area contributed by atoms with Crippen LogP contribution >= 0.6 is 11.6 Å². The normalized spacial score (nSPS) is 11.8. The third-order valence-corrected chi connectivity index (χ3v) is 9.56. The summed E-state index contributed by atoms with van der Waals surface area (Å²) in [5.41, 5.74) is 4.62. The van der Waals surface area contributed by atoms with Gasteiger partial charge in [0.1, 0.15) is 17.0 Å². The average molecular weight is 717 g/mol. The Bertz CT molecular complexity index is 2050. The molecule has 272 valence electrons. The lowest BCUT2D eigenvalue weighted by molar-refractivity contribution is 0.0296. The molecule has 0 fully saturated rings. The van der Waals surface area contributed by atoms with E-state index >= 15 is 0 Å². The summed E-state index contributed by atoms with van der Waals surface area (Å²) in [6.07, 6.45) is 2.49. The van der Waals surface area contributed by atoms with Crippen LogP contribution in [0.5, 0.6) is 5.75 Å². The van der Waals surface area contributed by atoms with Crippen LogP contribution in [0.25, 0.3) is 32.8 Å². The van der Waals surface area contributed by atoms with Crippen LogP contribution in [0.4, 0.5) is 4.79 Å². The highest BCUT2D eigenvalue weighted by Crippen LogP contribution is 2.44. The predicted molar refractivity (Wildman–Crippen MR) is 202 cm³/mol. The Morgan fingerprint density at radius 3 is 2.45 bits per heavy atom. The van der Waals surface area contributed by atoms with Gasteiger partial charge in [0.15, 0.2) is 0 Å². The molecule has 51 heavy (non-hydrogen) atoms. The maximum atomic E-state index is 13.3. The fourth-order valence-corrected chi connectivity index (χ4v) is 7.15. The van der Waals surface area contributed by atoms with E-state index in [9.17, 15) is 19.8 Å². The number of ether oxygens (including phenoxy) is 2. The zero-order chi connectivity index (χ0) is 37.0. The van der Waals surface area contributed by atoms with Gasteiger partial charge < -0.3 is 29.2 Å². The van der Waals surface area contributed by atoms with Gasteiger partial charge in [-0.05, 0) is 88.4 Å². The number of amides is 1. The SMILES string of the molecule is CCc1cc(Cl)c(-c2c(CO)nn(C)c2C)c2c1c(CCCOc1cccc3ccccc13)c(C(=O)O)n2CCCCN(C)C(=O)OC(C)(C)C. The number of carbonyl (C=O) groups is 2. The van der Waals surface area contributed by atoms with Crippen molar-refractivity contribution in [3.05, 3.63) is 81.8 Å². The van der Waals surface area contributed by atoms with E-state index in [1.807, 2.05) is 94.8 Å². The number of nitrogens with zero attached hydrogens (tertiary/aromatic N) is 4. The number of hydrogen-bond donors (Lipinski definition) is 2. The number of halogens is 1. The molecule has 2 N–H and O–H groups in total. The molecular weight excluding hydrogens is 668 g/mol. The standard InChI is InChI=1S/C40H49ClN4O6/c1-8-26-23-30(41)35(33-25(2)44(7)42-31(33)24-46)37-34(26)29(18-14-22-50-32-19-13-16-27-15-9-10-17-28(27)32)36(38(47)48)45(37)21-12-11-20-43(6)39(49)51-40(3,4)5/h9-10,13,15-17,19,23,46H,8,11-12,14,18,20-22,24H2,1-7H3,(H,47,48). The van der Waals surface area contributed by atoms with Gasteiger partial charge in [-0.25, -0.2) is 9.59 Å². The number of aryl methyl sites for hydroxylation is 4. The van der Waals surface area contributed by atoms with Crippen LogP contribution in [0.15, 0.2) is 48.5 Å². The average Bonchev–Trinajstić information content (AvgIpc) is 3.56. The van der Waals surface area contributed by atoms with Gasteiger partial charge in [0.2, 0.25) is 0 Å². The number of hydrogen-bond acceptors (Lipinski definition) is 6. The molecule has 3 aromatic carbocycles. The van der Waals surface area contributed by atoms with Crippen LogP contribution in [-0.2, 0) is 37.8 Å². The molecule has 1 amide bonds. The summed E-state index contributed by atoms with van der Waals surface area (Å²) in [5, 5.41) is 29.2. The second-order valence-corrected chi connectivity index (χ2v) is 14.4. The first kappa shape index (κ1) is 37.7. The van der Waals surface area contributed by atoms with Crippen molar-refractivity contribution in [3.8, 4) is 16.9 Å². The summed E-state index contributed by atoms with van der Waals surface area (Å²) in [6, 6.07) is 16.0. The van der Waals surface area contributed by atoms with Gasteiger partial charge in [-0.2, -0.15) is 5.10 Å². The van der Waals surface area contributed by atoms with Crippen molar-refractivity contribution in [2.45, 2.75) is 85.5 Å². The summed E-state index contributed by atoms with van der Waals surface area (Å²) >= 11 is 7.12. The molecule has 5 rings (SSSR count). The lowest BCUT2D eigenvalue weighted by Gasteiger charge is -2.24. The maximum Gasteiger partial charge on any atom is 0.410 e. The molecule has 2 aromatic heterocycles. The third kappa shape index (κ3) is 8.02. The molecule has 0 bridgehead atoms. The molecular formula is C40H49ClN4O6. The lowest BCUT2D eigenvalue weighted by atomic mass is 9.93. The number of benzene rings is 3. The van der Waals surface area contributed by atoms with Gasteiger partial charge in [0.05, 0.1) is 29.4 Å². The minimum absolute atomic E-state index is 0.209. The van der Waals surface area contributed by atoms with E-state index < -0.39 is 17.7 Å². The Balaban J connectivity index is 1.56. The summed E-state index contributed by atoms with van der Waals surface area (Å²) < 4.78 is 15.4. The highest BCUT2D eigenvalue weighted by Gasteiger charge is 2.30. The van der Waals surface area contributed by atoms with Crippen LogP contribution < -0.4 is 4.74 Å². The lowest BCUT2D eigenvalue weighted by Crippen LogP contribution is -2.34. The fourth-order valence-electron chi connectivity index (χ4n) is 6.83. The van der Waals surface area contributed by atoms with Crippen molar-refractivity contribution < 1.29 is 29.3 Å². The Labute approximate surface area is 304 Å². The molecule has 2 heterocycles. The monoisotopic (exact) mass is 716 g/mol. The molecule has 0 radical (unpaired) electrons. The van der Waals surface area contributed by atoms with Gasteiger partial charge in [0, 0.05) is 54.8 Å². The van der Waals surface area contributed by atoms with E-state index in [-0.39, 0.29) is 12.3 Å². The Hall–Kier alpha value is -4.54. The van der Waals surface area contributed by atoms with Crippen LogP contribution in [0.3, 0.4) is 0 Å². The summed E-state index contributed by atoms with van der Waals surface area (Å²) in [4.78, 5) is 27.4. The molecule has 10 nitrogen and oxygen atoms in total. The zero-order valence-electron chi connectivity index (χ0n) is 30.7. The molecule has 5 aromatic rings. The maximum absolute atomic E-state index is 13.3. The largest absolute Gasteiger partial charge is 0.493 e. The second kappa shape index (κ2) is 15.8. The summed E-state index contributed by atoms with van der Waals surface area (Å²) in [6.45, 7) is 10.4. The second-order valence-electron chi connectivity index (χ2n) is 14.0. The number of carbonyl (C=O) groups excluding carboxylic acids is 1. The first-order valence-electron chi connectivity index (χ1n) is 17.5. The van der Waals surface area contributed by atoms with Crippen molar-refractivity contribution in [2.75, 3.05) is 20.2 Å². The number of aliphatic hydroxyl groups is 1. The van der Waals surface area contributed by atoms with Gasteiger partial charge in [-0.1, -0.05) is 54.9 Å². The zero-order valence-corrected chi connectivity index (χ0v) is 31.4. The third-order valence-electron chi connectivity index (χ3n) is 9.26. The molecule has 0 spiro atoms. The quantitative estimate of drug-likeness (QED) is 0.111. The van der Waals surface area contributed by atoms with Crippen molar-refractivity contribution in [3.63, 3.8) is 0 Å². The van der Waals surface area contributed by atoms with Gasteiger partial charge in [-0.15, -0.1) is 0 Å². The number of carboxylic acids is 1. The van der Waals surface area contributed by atoms with Crippen LogP contribution in [0.1, 0.15) is 80.0 Å². The summed E-state index contributed by atoms with van der Waals surface area (Å²) in [7, 11) is 3.51. The highest BCUT2D eigenvalue weighted by molar-refractivity contribution is 6.35. The first-order valence-corrected chi connectivity index (χ1v) is 17.9. The van der Waals surface area contributed by atoms with E-state index in [1.165, 1.54) is 0 Å². The van der Waals surface area contributed by atoms with Crippen LogP contribution in [0, 0.1) is 6.92 Å². The number of aliphatic hydroxyl groups excluding tert-OH is 1. The van der Waals surface area contributed by atoms with Crippen molar-refractivity contribution in [2.24, 2.45) is 7.05 Å². The Morgan fingerprint density at radius 1 is 1.04 bits per heavy atom. The highest BCUT2D eigenvalue weighted by atomic mass is 35.5. The number of unbranched alkanes of at least 4 members (excludes halogenated alkanes) is 1. The molecule has 0 atom stereocenters. The predicted octanol–water partition coefficient (Wildman–Crippen LogP) is 8.57. The van der Waals surface area contributed by atoms with E-state index in [4.69, 9.17) is 21.1 Å². The Morgan fingerprint density at radius 2 is 1.76 bits per heavy atom. The fraction of sp³-hybridized carbons (Fsp3) is 0.425. The smallest absolute Gasteiger partial charge is 0.410 e. The van der Waals surface area contributed by atoms with Crippen LogP contribution in [-0.4, -0.2) is 67.3 Å². The molecule has 0 aliphatic heterocycles. The molecule has 0 saturated heterocycles. The van der Waals surface area contributed by atoms with Crippen molar-refractivity contribution in [1.82, 2.24) is 19.2 Å².